The van der Waals surface area contributed by atoms with Gasteiger partial charge in [-0.2, -0.15) is 0 Å². The van der Waals surface area contributed by atoms with E-state index in [1.807, 2.05) is 53.7 Å². The number of primary amides is 1. The summed E-state index contributed by atoms with van der Waals surface area (Å²) >= 11 is 0. The van der Waals surface area contributed by atoms with E-state index in [0.717, 1.165) is 5.57 Å². The maximum absolute atomic E-state index is 13.9. The average Bonchev–Trinajstić information content (AvgIpc) is 3.19. The largest absolute Gasteiger partial charge is 0.490 e. The number of allylic oxidation sites excluding steroid dienone is 6. The molecule has 0 aromatic rings. The van der Waals surface area contributed by atoms with Crippen molar-refractivity contribution in [3.8, 4) is 0 Å². The van der Waals surface area contributed by atoms with E-state index in [4.69, 9.17) is 38.9 Å². The molecule has 1 amide bonds. The topological polar surface area (TPSA) is 226 Å². The molecule has 0 spiro atoms. The molecule has 0 saturated carbocycles. The Morgan fingerprint density at radius 2 is 1.77 bits per heavy atom. The summed E-state index contributed by atoms with van der Waals surface area (Å²) in [5.74, 6) is -6.00. The van der Waals surface area contributed by atoms with Crippen LogP contribution in [-0.2, 0) is 38.0 Å². The molecule has 0 unspecified atom stereocenters. The minimum Gasteiger partial charge on any atom is -0.490 e. The molecule has 348 valence electrons. The van der Waals surface area contributed by atoms with Crippen molar-refractivity contribution in [3.63, 3.8) is 0 Å². The fourth-order valence-corrected chi connectivity index (χ4v) is 8.94. The van der Waals surface area contributed by atoms with Gasteiger partial charge in [0.15, 0.2) is 18.2 Å². The van der Waals surface area contributed by atoms with Gasteiger partial charge in [0, 0.05) is 49.5 Å². The Hall–Kier alpha value is -3.12. The van der Waals surface area contributed by atoms with Gasteiger partial charge in [-0.25, -0.2) is 9.59 Å². The van der Waals surface area contributed by atoms with Gasteiger partial charge in [0.05, 0.1) is 49.8 Å². The summed E-state index contributed by atoms with van der Waals surface area (Å²) in [6, 6.07) is 0. The summed E-state index contributed by atoms with van der Waals surface area (Å²) in [5, 5.41) is 58.0. The summed E-state index contributed by atoms with van der Waals surface area (Å²) in [6.07, 6.45) is 2.20. The molecule has 0 aromatic heterocycles. The highest BCUT2D eigenvalue weighted by Crippen LogP contribution is 2.42. The van der Waals surface area contributed by atoms with Crippen LogP contribution in [0.15, 0.2) is 59.4 Å². The van der Waals surface area contributed by atoms with Crippen LogP contribution in [0.3, 0.4) is 0 Å². The van der Waals surface area contributed by atoms with Crippen molar-refractivity contribution in [2.24, 2.45) is 41.2 Å². The molecule has 0 bridgehead atoms. The van der Waals surface area contributed by atoms with Crippen LogP contribution in [0.1, 0.15) is 94.9 Å². The fourth-order valence-electron chi connectivity index (χ4n) is 8.94. The quantitative estimate of drug-likeness (QED) is 0.119. The molecule has 3 heterocycles. The van der Waals surface area contributed by atoms with Gasteiger partial charge in [-0.1, -0.05) is 89.1 Å². The Balaban J connectivity index is 2.00. The molecule has 0 aromatic carbocycles. The number of aliphatic hydroxyl groups is 5. The highest BCUT2D eigenvalue weighted by atomic mass is 16.7. The first-order valence-electron chi connectivity index (χ1n) is 21.7. The van der Waals surface area contributed by atoms with Gasteiger partial charge in [-0.3, -0.25) is 0 Å². The summed E-state index contributed by atoms with van der Waals surface area (Å²) in [7, 11) is 2.81. The average molecular weight is 866 g/mol. The molecule has 3 aliphatic rings. The molecular weight excluding hydrogens is 790 g/mol. The predicted molar refractivity (Wildman–Crippen MR) is 228 cm³/mol. The number of hydrogen-bond donors (Lipinski definition) is 6. The predicted octanol–water partition coefficient (Wildman–Crippen LogP) is 4.98. The Kier molecular flexibility index (Phi) is 20.1. The van der Waals surface area contributed by atoms with Crippen molar-refractivity contribution in [1.82, 2.24) is 0 Å². The van der Waals surface area contributed by atoms with Crippen LogP contribution in [0.5, 0.6) is 0 Å². The number of amides is 1. The Labute approximate surface area is 362 Å². The third-order valence-electron chi connectivity index (χ3n) is 12.8. The second kappa shape index (κ2) is 23.5. The second-order valence-corrected chi connectivity index (χ2v) is 17.5. The zero-order chi connectivity index (χ0) is 45.9. The van der Waals surface area contributed by atoms with Crippen molar-refractivity contribution in [2.45, 2.75) is 168 Å². The van der Waals surface area contributed by atoms with Crippen LogP contribution >= 0.6 is 0 Å². The third kappa shape index (κ3) is 13.7. The molecule has 3 rings (SSSR count). The number of carbonyl (C=O) groups is 2. The molecule has 0 radical (unpaired) electrons. The van der Waals surface area contributed by atoms with Gasteiger partial charge in [0.1, 0.15) is 12.2 Å². The van der Waals surface area contributed by atoms with Gasteiger partial charge in [-0.05, 0) is 52.5 Å². The van der Waals surface area contributed by atoms with E-state index in [-0.39, 0.29) is 42.3 Å². The normalized spacial score (nSPS) is 42.2. The lowest BCUT2D eigenvalue weighted by Gasteiger charge is -2.49. The number of nitrogens with two attached hydrogens (primary N) is 1. The van der Waals surface area contributed by atoms with Crippen LogP contribution in [0, 0.1) is 35.5 Å². The maximum Gasteiger partial charge on any atom is 0.404 e. The molecule has 3 aliphatic heterocycles. The zero-order valence-corrected chi connectivity index (χ0v) is 38.2. The van der Waals surface area contributed by atoms with Gasteiger partial charge in [0.2, 0.25) is 5.76 Å². The second-order valence-electron chi connectivity index (χ2n) is 17.5. The van der Waals surface area contributed by atoms with Crippen molar-refractivity contribution in [1.29, 1.82) is 0 Å². The zero-order valence-electron chi connectivity index (χ0n) is 38.2. The summed E-state index contributed by atoms with van der Waals surface area (Å²) in [4.78, 5) is 25.4. The lowest BCUT2D eigenvalue weighted by Crippen LogP contribution is -2.59. The lowest BCUT2D eigenvalue weighted by atomic mass is 9.77. The monoisotopic (exact) mass is 866 g/mol. The van der Waals surface area contributed by atoms with Gasteiger partial charge in [0.25, 0.3) is 0 Å². The van der Waals surface area contributed by atoms with E-state index in [1.54, 1.807) is 52.0 Å². The SMILES string of the molecule is C/C=C/[C@@H]1O[C@](O)([C@H](C)[C@H](O)[C@H](C)[C@@H]2OC(=O)/C(OC)=C/C(C)=C/[C@H](C)[C@H](O)[C@H](CC)[C@H](O)[C@@H](C)C/C(C)=C/C=C/[C@@H]2OC)C[C@@H](O[C@H]2C[C@@H](O)[C@H](OC(N)=O)[C@@H](C)O2)[C@@H]1C. The van der Waals surface area contributed by atoms with Crippen LogP contribution in [0.25, 0.3) is 0 Å². The molecule has 15 heteroatoms. The van der Waals surface area contributed by atoms with Crippen LogP contribution in [-0.4, -0.2) is 125 Å². The van der Waals surface area contributed by atoms with Gasteiger partial charge in [-0.15, -0.1) is 0 Å². The minimum atomic E-state index is -1.97. The molecule has 2 fully saturated rings. The number of methoxy groups -OCH3 is 2. The van der Waals surface area contributed by atoms with Crippen molar-refractivity contribution >= 4 is 12.1 Å². The number of ether oxygens (including phenoxy) is 7. The highest BCUT2D eigenvalue weighted by molar-refractivity contribution is 5.87. The van der Waals surface area contributed by atoms with E-state index in [0.29, 0.717) is 18.4 Å². The van der Waals surface area contributed by atoms with Crippen molar-refractivity contribution in [2.75, 3.05) is 14.2 Å². The first kappa shape index (κ1) is 52.2. The highest BCUT2D eigenvalue weighted by Gasteiger charge is 2.52. The van der Waals surface area contributed by atoms with E-state index in [9.17, 15) is 35.1 Å². The number of cyclic esters (lactones) is 1. The number of rotatable bonds is 11. The van der Waals surface area contributed by atoms with Crippen molar-refractivity contribution < 1.29 is 68.3 Å². The number of hydrogen-bond acceptors (Lipinski definition) is 14. The number of aliphatic hydroxyl groups excluding tert-OH is 4. The Morgan fingerprint density at radius 3 is 2.34 bits per heavy atom. The number of esters is 1. The lowest BCUT2D eigenvalue weighted by molar-refractivity contribution is -0.338. The van der Waals surface area contributed by atoms with Crippen LogP contribution in [0.4, 0.5) is 4.79 Å². The molecule has 61 heavy (non-hydrogen) atoms. The van der Waals surface area contributed by atoms with Crippen LogP contribution in [0.2, 0.25) is 0 Å². The van der Waals surface area contributed by atoms with E-state index in [2.05, 4.69) is 0 Å². The van der Waals surface area contributed by atoms with E-state index < -0.39 is 97.0 Å². The Morgan fingerprint density at radius 1 is 1.10 bits per heavy atom. The first-order valence-corrected chi connectivity index (χ1v) is 21.7. The summed E-state index contributed by atoms with van der Waals surface area (Å²) in [6.45, 7) is 18.2. The smallest absolute Gasteiger partial charge is 0.404 e. The molecule has 18 atom stereocenters. The minimum absolute atomic E-state index is 0.0313. The molecule has 2 saturated heterocycles. The summed E-state index contributed by atoms with van der Waals surface area (Å²) in [5.41, 5.74) is 6.78. The van der Waals surface area contributed by atoms with Gasteiger partial charge >= 0.3 is 12.1 Å². The van der Waals surface area contributed by atoms with Crippen LogP contribution < -0.4 is 5.73 Å². The molecule has 7 N–H and O–H groups in total. The molecule has 15 nitrogen and oxygen atoms in total. The van der Waals surface area contributed by atoms with Gasteiger partial charge < -0.3 is 64.4 Å². The third-order valence-corrected chi connectivity index (χ3v) is 12.8. The summed E-state index contributed by atoms with van der Waals surface area (Å²) < 4.78 is 41.4. The maximum atomic E-state index is 13.9. The Bertz CT molecular complexity index is 1570. The molecular formula is C46H75NO14. The standard InChI is InChI=1S/C46H75NO14/c1-13-16-34-28(7)37(58-38-22-33(48)43(31(10)57-38)60-45(47)53)23-46(54,61-34)30(9)41(51)29(8)42-35(55-11)18-15-17-24(3)19-26(5)39(49)32(14-2)40(50)27(6)20-25(4)21-36(56-12)44(52)59-42/h13,15-18,20-21,26-35,37-43,48-51,54H,14,19,22-23H2,1-12H3,(H2,47,53)/b16-13+,18-15+,24-17+,25-20+,36-21-/t26-,27-,28+,29-,30+,31+,32+,33+,34-,35-,37+,38-,39+,40-,41+,42-,43+,46-/m0/s1. The molecule has 0 aliphatic carbocycles. The first-order chi connectivity index (χ1) is 28.6. The fraction of sp³-hybridized carbons (Fsp3) is 0.739. The van der Waals surface area contributed by atoms with E-state index in [1.165, 1.54) is 20.3 Å². The number of carbonyl (C=O) groups excluding carboxylic acids is 2. The van der Waals surface area contributed by atoms with E-state index >= 15 is 0 Å². The van der Waals surface area contributed by atoms with Crippen molar-refractivity contribution in [3.05, 3.63) is 59.4 Å².